The number of rotatable bonds is 5. The van der Waals surface area contributed by atoms with E-state index in [0.717, 1.165) is 22.3 Å². The molecule has 0 radical (unpaired) electrons. The van der Waals surface area contributed by atoms with Crippen molar-refractivity contribution in [3.8, 4) is 11.3 Å². The van der Waals surface area contributed by atoms with Crippen LogP contribution in [-0.4, -0.2) is 46.8 Å². The molecule has 0 saturated heterocycles. The van der Waals surface area contributed by atoms with Gasteiger partial charge in [-0.1, -0.05) is 12.1 Å². The van der Waals surface area contributed by atoms with Gasteiger partial charge < -0.3 is 10.3 Å². The molecule has 0 bridgehead atoms. The molecule has 142 valence electrons. The van der Waals surface area contributed by atoms with Gasteiger partial charge in [-0.05, 0) is 36.4 Å². The number of hydrogen-bond donors (Lipinski definition) is 2. The molecule has 4 rings (SSSR count). The van der Waals surface area contributed by atoms with E-state index in [1.54, 1.807) is 36.8 Å². The highest BCUT2D eigenvalue weighted by Gasteiger charge is 2.17. The van der Waals surface area contributed by atoms with Crippen molar-refractivity contribution in [1.29, 1.82) is 0 Å². The van der Waals surface area contributed by atoms with Crippen molar-refractivity contribution in [1.82, 2.24) is 24.2 Å². The van der Waals surface area contributed by atoms with Gasteiger partial charge in [-0.15, -0.1) is 0 Å². The lowest BCUT2D eigenvalue weighted by Crippen LogP contribution is -2.22. The van der Waals surface area contributed by atoms with Gasteiger partial charge in [-0.2, -0.15) is 0 Å². The molecule has 2 aromatic heterocycles. The number of hydrogen-bond acceptors (Lipinski definition) is 6. The zero-order chi connectivity index (χ0) is 19.7. The number of fused-ring (bicyclic) bond motifs is 1. The average molecular weight is 394 g/mol. The van der Waals surface area contributed by atoms with Gasteiger partial charge in [0, 0.05) is 31.5 Å². The van der Waals surface area contributed by atoms with E-state index in [1.807, 2.05) is 24.3 Å². The summed E-state index contributed by atoms with van der Waals surface area (Å²) >= 11 is 0. The number of imidazole rings is 1. The standard InChI is InChI=1S/C19H18N6O2S/c1-25(2)28(26,27)15-5-3-4-14(11-15)23-19-20-9-8-16(24-19)13-6-7-17-18(10-13)22-12-21-17/h3-12H,1-2H3,(H,21,22)(H,20,23,24). The molecule has 4 aromatic rings. The van der Waals surface area contributed by atoms with Crippen LogP contribution in [0, 0.1) is 0 Å². The number of aromatic amines is 1. The Morgan fingerprint density at radius 2 is 1.89 bits per heavy atom. The number of H-pyrrole nitrogens is 1. The third-order valence-electron chi connectivity index (χ3n) is 4.24. The molecule has 0 fully saturated rings. The third kappa shape index (κ3) is 3.45. The van der Waals surface area contributed by atoms with Crippen molar-refractivity contribution < 1.29 is 8.42 Å². The summed E-state index contributed by atoms with van der Waals surface area (Å²) in [5, 5.41) is 3.07. The van der Waals surface area contributed by atoms with Gasteiger partial charge in [-0.25, -0.2) is 27.7 Å². The van der Waals surface area contributed by atoms with Gasteiger partial charge in [0.25, 0.3) is 0 Å². The molecule has 0 aliphatic heterocycles. The van der Waals surface area contributed by atoms with E-state index in [0.29, 0.717) is 11.6 Å². The summed E-state index contributed by atoms with van der Waals surface area (Å²) in [5.41, 5.74) is 4.04. The van der Waals surface area contributed by atoms with Crippen LogP contribution in [0.3, 0.4) is 0 Å². The molecular weight excluding hydrogens is 376 g/mol. The van der Waals surface area contributed by atoms with E-state index >= 15 is 0 Å². The van der Waals surface area contributed by atoms with E-state index in [9.17, 15) is 8.42 Å². The molecule has 0 amide bonds. The van der Waals surface area contributed by atoms with E-state index in [4.69, 9.17) is 0 Å². The van der Waals surface area contributed by atoms with E-state index in [1.165, 1.54) is 18.4 Å². The van der Waals surface area contributed by atoms with Gasteiger partial charge in [0.1, 0.15) is 0 Å². The minimum Gasteiger partial charge on any atom is -0.345 e. The molecular formula is C19H18N6O2S. The highest BCUT2D eigenvalue weighted by Crippen LogP contribution is 2.24. The molecule has 8 nitrogen and oxygen atoms in total. The zero-order valence-electron chi connectivity index (χ0n) is 15.3. The first-order valence-corrected chi connectivity index (χ1v) is 9.94. The van der Waals surface area contributed by atoms with Crippen molar-refractivity contribution in [2.45, 2.75) is 4.90 Å². The minimum absolute atomic E-state index is 0.197. The number of benzene rings is 2. The summed E-state index contributed by atoms with van der Waals surface area (Å²) in [7, 11) is -0.519. The first-order chi connectivity index (χ1) is 13.4. The van der Waals surface area contributed by atoms with E-state index < -0.39 is 10.0 Å². The van der Waals surface area contributed by atoms with Gasteiger partial charge in [0.15, 0.2) is 0 Å². The first-order valence-electron chi connectivity index (χ1n) is 8.50. The summed E-state index contributed by atoms with van der Waals surface area (Å²) in [6.45, 7) is 0. The number of sulfonamides is 1. The van der Waals surface area contributed by atoms with Crippen LogP contribution >= 0.6 is 0 Å². The molecule has 9 heteroatoms. The Bertz CT molecular complexity index is 1250. The number of nitrogens with one attached hydrogen (secondary N) is 2. The second-order valence-corrected chi connectivity index (χ2v) is 8.49. The van der Waals surface area contributed by atoms with Crippen molar-refractivity contribution >= 4 is 32.7 Å². The lowest BCUT2D eigenvalue weighted by molar-refractivity contribution is 0.521. The fraction of sp³-hybridized carbons (Fsp3) is 0.105. The smallest absolute Gasteiger partial charge is 0.242 e. The summed E-state index contributed by atoms with van der Waals surface area (Å²) in [4.78, 5) is 16.3. The fourth-order valence-corrected chi connectivity index (χ4v) is 3.69. The molecule has 0 aliphatic rings. The van der Waals surface area contributed by atoms with Crippen LogP contribution in [0.4, 0.5) is 11.6 Å². The molecule has 28 heavy (non-hydrogen) atoms. The largest absolute Gasteiger partial charge is 0.345 e. The average Bonchev–Trinajstić information content (AvgIpc) is 3.16. The van der Waals surface area contributed by atoms with Crippen LogP contribution in [0.1, 0.15) is 0 Å². The molecule has 0 spiro atoms. The van der Waals surface area contributed by atoms with Crippen molar-refractivity contribution in [2.75, 3.05) is 19.4 Å². The highest BCUT2D eigenvalue weighted by molar-refractivity contribution is 7.89. The molecule has 0 aliphatic carbocycles. The molecule has 0 saturated carbocycles. The van der Waals surface area contributed by atoms with Crippen LogP contribution in [0.2, 0.25) is 0 Å². The maximum atomic E-state index is 12.3. The lowest BCUT2D eigenvalue weighted by atomic mass is 10.1. The lowest BCUT2D eigenvalue weighted by Gasteiger charge is -2.13. The molecule has 0 atom stereocenters. The van der Waals surface area contributed by atoms with Crippen LogP contribution < -0.4 is 5.32 Å². The van der Waals surface area contributed by atoms with E-state index in [-0.39, 0.29) is 4.90 Å². The van der Waals surface area contributed by atoms with Crippen LogP contribution in [0.25, 0.3) is 22.3 Å². The molecule has 2 aromatic carbocycles. The predicted octanol–water partition coefficient (Wildman–Crippen LogP) is 3.01. The summed E-state index contributed by atoms with van der Waals surface area (Å²) in [6.07, 6.45) is 3.30. The van der Waals surface area contributed by atoms with Crippen LogP contribution in [0.5, 0.6) is 0 Å². The van der Waals surface area contributed by atoms with Gasteiger partial charge in [0.05, 0.1) is 28.0 Å². The number of nitrogens with zero attached hydrogens (tertiary/aromatic N) is 4. The number of aromatic nitrogens is 4. The number of anilines is 2. The molecule has 2 N–H and O–H groups in total. The molecule has 2 heterocycles. The molecule has 0 unspecified atom stereocenters. The minimum atomic E-state index is -3.52. The summed E-state index contributed by atoms with van der Waals surface area (Å²) < 4.78 is 25.8. The first kappa shape index (κ1) is 18.1. The third-order valence-corrected chi connectivity index (χ3v) is 6.05. The predicted molar refractivity (Wildman–Crippen MR) is 108 cm³/mol. The maximum absolute atomic E-state index is 12.3. The Balaban J connectivity index is 1.64. The van der Waals surface area contributed by atoms with Crippen LogP contribution in [-0.2, 0) is 10.0 Å². The van der Waals surface area contributed by atoms with Crippen molar-refractivity contribution in [3.05, 3.63) is 61.1 Å². The van der Waals surface area contributed by atoms with Gasteiger partial charge >= 0.3 is 0 Å². The Morgan fingerprint density at radius 3 is 2.71 bits per heavy atom. The highest BCUT2D eigenvalue weighted by atomic mass is 32.2. The SMILES string of the molecule is CN(C)S(=O)(=O)c1cccc(Nc2nccc(-c3ccc4[nH]cnc4c3)n2)c1. The maximum Gasteiger partial charge on any atom is 0.242 e. The second kappa shape index (κ2) is 7.02. The van der Waals surface area contributed by atoms with E-state index in [2.05, 4.69) is 25.3 Å². The summed E-state index contributed by atoms with van der Waals surface area (Å²) in [6, 6.07) is 14.2. The van der Waals surface area contributed by atoms with Crippen LogP contribution in [0.15, 0.2) is 66.0 Å². The van der Waals surface area contributed by atoms with Gasteiger partial charge in [0.2, 0.25) is 16.0 Å². The monoisotopic (exact) mass is 394 g/mol. The zero-order valence-corrected chi connectivity index (χ0v) is 16.1. The summed E-state index contributed by atoms with van der Waals surface area (Å²) in [5.74, 6) is 0.374. The topological polar surface area (TPSA) is 104 Å². The fourth-order valence-electron chi connectivity index (χ4n) is 2.75. The normalized spacial score (nSPS) is 11.8. The quantitative estimate of drug-likeness (QED) is 0.539. The Kier molecular flexibility index (Phi) is 4.54. The second-order valence-electron chi connectivity index (χ2n) is 6.34. The van der Waals surface area contributed by atoms with Crippen molar-refractivity contribution in [2.24, 2.45) is 0 Å². The Hall–Kier alpha value is -3.30. The Morgan fingerprint density at radius 1 is 1.04 bits per heavy atom. The van der Waals surface area contributed by atoms with Gasteiger partial charge in [-0.3, -0.25) is 0 Å². The Labute approximate surface area is 162 Å². The van der Waals surface area contributed by atoms with Crippen molar-refractivity contribution in [3.63, 3.8) is 0 Å².